The van der Waals surface area contributed by atoms with Gasteiger partial charge in [-0.05, 0) is 50.5 Å². The number of benzene rings is 1. The molecule has 6 heteroatoms. The zero-order chi connectivity index (χ0) is 19.5. The molecule has 1 atom stereocenters. The number of amides is 2. The quantitative estimate of drug-likeness (QED) is 0.888. The highest BCUT2D eigenvalue weighted by atomic mass is 16.4. The predicted molar refractivity (Wildman–Crippen MR) is 107 cm³/mol. The van der Waals surface area contributed by atoms with Gasteiger partial charge in [-0.25, -0.2) is 0 Å². The molecule has 2 aliphatic rings. The van der Waals surface area contributed by atoms with E-state index in [0.29, 0.717) is 17.1 Å². The van der Waals surface area contributed by atoms with E-state index in [2.05, 4.69) is 12.2 Å². The summed E-state index contributed by atoms with van der Waals surface area (Å²) in [5.41, 5.74) is 1.54. The maximum absolute atomic E-state index is 12.8. The van der Waals surface area contributed by atoms with E-state index in [0.717, 1.165) is 51.1 Å². The zero-order valence-electron chi connectivity index (χ0n) is 16.3. The van der Waals surface area contributed by atoms with E-state index in [-0.39, 0.29) is 17.9 Å². The van der Waals surface area contributed by atoms with Gasteiger partial charge in [-0.2, -0.15) is 0 Å². The molecule has 2 saturated heterocycles. The van der Waals surface area contributed by atoms with Gasteiger partial charge in [0.25, 0.3) is 11.8 Å². The number of hydrogen-bond acceptors (Lipinski definition) is 4. The van der Waals surface area contributed by atoms with Gasteiger partial charge in [-0.3, -0.25) is 9.59 Å². The lowest BCUT2D eigenvalue weighted by Gasteiger charge is -2.34. The molecule has 0 radical (unpaired) electrons. The smallest absolute Gasteiger partial charge is 0.289 e. The average molecular weight is 381 g/mol. The molecule has 0 unspecified atom stereocenters. The highest BCUT2D eigenvalue weighted by molar-refractivity contribution is 5.95. The van der Waals surface area contributed by atoms with Crippen molar-refractivity contribution in [2.24, 2.45) is 0 Å². The lowest BCUT2D eigenvalue weighted by atomic mass is 10.1. The number of carbonyl (C=O) groups is 2. The van der Waals surface area contributed by atoms with Crippen LogP contribution in [0.25, 0.3) is 11.3 Å². The largest absolute Gasteiger partial charge is 0.451 e. The molecular formula is C22H27N3O3. The van der Waals surface area contributed by atoms with Crippen LogP contribution in [-0.4, -0.2) is 60.4 Å². The number of furan rings is 1. The van der Waals surface area contributed by atoms with Crippen molar-refractivity contribution in [2.75, 3.05) is 32.7 Å². The summed E-state index contributed by atoms with van der Waals surface area (Å²) in [5.74, 6) is 1.05. The summed E-state index contributed by atoms with van der Waals surface area (Å²) in [6, 6.07) is 11.2. The van der Waals surface area contributed by atoms with Crippen molar-refractivity contribution in [3.05, 3.63) is 47.7 Å². The minimum Gasteiger partial charge on any atom is -0.451 e. The maximum atomic E-state index is 12.8. The van der Waals surface area contributed by atoms with Gasteiger partial charge in [0.15, 0.2) is 5.76 Å². The third-order valence-corrected chi connectivity index (χ3v) is 5.64. The first-order valence-corrected chi connectivity index (χ1v) is 10.1. The minimum absolute atomic E-state index is 0.0366. The van der Waals surface area contributed by atoms with Crippen LogP contribution in [0.4, 0.5) is 0 Å². The maximum Gasteiger partial charge on any atom is 0.289 e. The summed E-state index contributed by atoms with van der Waals surface area (Å²) in [5, 5.41) is 3.30. The van der Waals surface area contributed by atoms with Gasteiger partial charge in [0.05, 0.1) is 0 Å². The number of piperazine rings is 1. The van der Waals surface area contributed by atoms with Crippen molar-refractivity contribution in [3.8, 4) is 11.3 Å². The minimum atomic E-state index is -0.0366. The molecule has 0 spiro atoms. The first-order valence-electron chi connectivity index (χ1n) is 10.1. The van der Waals surface area contributed by atoms with Crippen molar-refractivity contribution in [3.63, 3.8) is 0 Å². The number of carbonyl (C=O) groups excluding carboxylic acids is 2. The Labute approximate surface area is 165 Å². The van der Waals surface area contributed by atoms with Crippen LogP contribution < -0.4 is 5.32 Å². The van der Waals surface area contributed by atoms with Crippen LogP contribution in [0.5, 0.6) is 0 Å². The van der Waals surface area contributed by atoms with Gasteiger partial charge >= 0.3 is 0 Å². The summed E-state index contributed by atoms with van der Waals surface area (Å²) in [4.78, 5) is 29.1. The Morgan fingerprint density at radius 2 is 1.71 bits per heavy atom. The standard InChI is InChI=1S/C22H27N3O3/c1-16-15-23-11-14-25(16)21(26)18-7-5-17(6-8-18)19-9-10-20(28-19)22(27)24-12-3-2-4-13-24/h5-10,16,23H,2-4,11-15H2,1H3/t16-/m1/s1. The molecule has 2 fully saturated rings. The summed E-state index contributed by atoms with van der Waals surface area (Å²) < 4.78 is 5.82. The second kappa shape index (κ2) is 8.19. The van der Waals surface area contributed by atoms with Crippen LogP contribution >= 0.6 is 0 Å². The van der Waals surface area contributed by atoms with Crippen LogP contribution in [0, 0.1) is 0 Å². The van der Waals surface area contributed by atoms with Gasteiger partial charge in [0.2, 0.25) is 0 Å². The summed E-state index contributed by atoms with van der Waals surface area (Å²) >= 11 is 0. The van der Waals surface area contributed by atoms with E-state index in [1.807, 2.05) is 40.1 Å². The number of nitrogens with one attached hydrogen (secondary N) is 1. The monoisotopic (exact) mass is 381 g/mol. The second-order valence-electron chi connectivity index (χ2n) is 7.65. The molecule has 2 aromatic rings. The van der Waals surface area contributed by atoms with E-state index in [9.17, 15) is 9.59 Å². The van der Waals surface area contributed by atoms with Crippen molar-refractivity contribution in [1.82, 2.24) is 15.1 Å². The number of nitrogens with zero attached hydrogens (tertiary/aromatic N) is 2. The first kappa shape index (κ1) is 18.7. The fourth-order valence-corrected chi connectivity index (χ4v) is 3.95. The summed E-state index contributed by atoms with van der Waals surface area (Å²) in [6.07, 6.45) is 3.30. The van der Waals surface area contributed by atoms with Crippen molar-refractivity contribution >= 4 is 11.8 Å². The van der Waals surface area contributed by atoms with Gasteiger partial charge in [-0.1, -0.05) is 12.1 Å². The fourth-order valence-electron chi connectivity index (χ4n) is 3.95. The lowest BCUT2D eigenvalue weighted by molar-refractivity contribution is 0.0654. The topological polar surface area (TPSA) is 65.8 Å². The first-order chi connectivity index (χ1) is 13.6. The average Bonchev–Trinajstić information content (AvgIpc) is 3.24. The molecule has 0 bridgehead atoms. The highest BCUT2D eigenvalue weighted by Gasteiger charge is 2.24. The summed E-state index contributed by atoms with van der Waals surface area (Å²) in [7, 11) is 0. The number of piperidine rings is 1. The molecule has 0 aliphatic carbocycles. The Bertz CT molecular complexity index is 837. The third kappa shape index (κ3) is 3.83. The van der Waals surface area contributed by atoms with E-state index < -0.39 is 0 Å². The zero-order valence-corrected chi connectivity index (χ0v) is 16.3. The van der Waals surface area contributed by atoms with Crippen LogP contribution in [-0.2, 0) is 0 Å². The third-order valence-electron chi connectivity index (χ3n) is 5.64. The van der Waals surface area contributed by atoms with Crippen LogP contribution in [0.15, 0.2) is 40.8 Å². The Kier molecular flexibility index (Phi) is 5.48. The van der Waals surface area contributed by atoms with Crippen molar-refractivity contribution < 1.29 is 14.0 Å². The van der Waals surface area contributed by atoms with E-state index in [1.165, 1.54) is 6.42 Å². The van der Waals surface area contributed by atoms with E-state index in [1.54, 1.807) is 6.07 Å². The molecule has 3 heterocycles. The Morgan fingerprint density at radius 3 is 2.43 bits per heavy atom. The van der Waals surface area contributed by atoms with Crippen LogP contribution in [0.2, 0.25) is 0 Å². The molecular weight excluding hydrogens is 354 g/mol. The Balaban J connectivity index is 1.46. The van der Waals surface area contributed by atoms with Crippen LogP contribution in [0.3, 0.4) is 0 Å². The molecule has 2 aliphatic heterocycles. The number of hydrogen-bond donors (Lipinski definition) is 1. The van der Waals surface area contributed by atoms with E-state index in [4.69, 9.17) is 4.42 Å². The van der Waals surface area contributed by atoms with Gasteiger partial charge < -0.3 is 19.5 Å². The normalized spacial score (nSPS) is 20.2. The molecule has 148 valence electrons. The van der Waals surface area contributed by atoms with Gasteiger partial charge in [0.1, 0.15) is 5.76 Å². The van der Waals surface area contributed by atoms with Crippen LogP contribution in [0.1, 0.15) is 47.1 Å². The fraction of sp³-hybridized carbons (Fsp3) is 0.455. The molecule has 0 saturated carbocycles. The SMILES string of the molecule is C[C@@H]1CNCCN1C(=O)c1ccc(-c2ccc(C(=O)N3CCCCC3)o2)cc1. The van der Waals surface area contributed by atoms with Crippen molar-refractivity contribution in [2.45, 2.75) is 32.2 Å². The number of likely N-dealkylation sites (tertiary alicyclic amines) is 1. The predicted octanol–water partition coefficient (Wildman–Crippen LogP) is 3.01. The molecule has 28 heavy (non-hydrogen) atoms. The molecule has 4 rings (SSSR count). The molecule has 1 N–H and O–H groups in total. The van der Waals surface area contributed by atoms with Gasteiger partial charge in [-0.15, -0.1) is 0 Å². The lowest BCUT2D eigenvalue weighted by Crippen LogP contribution is -2.52. The number of rotatable bonds is 3. The molecule has 2 amide bonds. The molecule has 1 aromatic heterocycles. The Hall–Kier alpha value is -2.60. The van der Waals surface area contributed by atoms with E-state index >= 15 is 0 Å². The molecule has 1 aromatic carbocycles. The molecule has 6 nitrogen and oxygen atoms in total. The second-order valence-corrected chi connectivity index (χ2v) is 7.65. The van der Waals surface area contributed by atoms with Crippen molar-refractivity contribution in [1.29, 1.82) is 0 Å². The highest BCUT2D eigenvalue weighted by Crippen LogP contribution is 2.25. The summed E-state index contributed by atoms with van der Waals surface area (Å²) in [6.45, 7) is 6.04. The Morgan fingerprint density at radius 1 is 0.964 bits per heavy atom. The van der Waals surface area contributed by atoms with Gasteiger partial charge in [0, 0.05) is 49.9 Å².